The van der Waals surface area contributed by atoms with Gasteiger partial charge in [-0.3, -0.25) is 37.3 Å². The molecule has 0 saturated carbocycles. The van der Waals surface area contributed by atoms with Gasteiger partial charge in [-0.2, -0.15) is 0 Å². The van der Waals surface area contributed by atoms with Crippen molar-refractivity contribution < 1.29 is 80.2 Å². The molecule has 0 aliphatic carbocycles. The van der Waals surface area contributed by atoms with E-state index in [9.17, 15) is 43.2 Å². The topological polar surface area (TPSA) is 237 Å². The highest BCUT2D eigenvalue weighted by Crippen LogP contribution is 2.45. The van der Waals surface area contributed by atoms with E-state index >= 15 is 0 Å². The minimum absolute atomic E-state index is 0.0840. The maximum atomic E-state index is 13.0. The van der Waals surface area contributed by atoms with Crippen LogP contribution in [-0.2, 0) is 65.4 Å². The monoisotopic (exact) mass is 1210 g/mol. The van der Waals surface area contributed by atoms with Crippen molar-refractivity contribution in [3.8, 4) is 0 Å². The highest BCUT2D eigenvalue weighted by molar-refractivity contribution is 7.47. The molecule has 82 heavy (non-hydrogen) atoms. The lowest BCUT2D eigenvalue weighted by atomic mass is 9.99. The third-order valence-corrected chi connectivity index (χ3v) is 16.1. The number of aliphatic hydroxyl groups is 1. The Morgan fingerprint density at radius 1 is 0.402 bits per heavy atom. The Labute approximate surface area is 497 Å². The van der Waals surface area contributed by atoms with Gasteiger partial charge in [0.2, 0.25) is 0 Å². The Kier molecular flexibility index (Phi) is 53.5. The summed E-state index contributed by atoms with van der Waals surface area (Å²) in [6.45, 7) is 9.26. The molecule has 0 aromatic rings. The lowest BCUT2D eigenvalue weighted by Crippen LogP contribution is -2.30. The molecule has 0 aromatic heterocycles. The molecule has 482 valence electrons. The minimum atomic E-state index is -4.95. The summed E-state index contributed by atoms with van der Waals surface area (Å²) in [6, 6.07) is 0. The molecule has 0 rings (SSSR count). The fourth-order valence-corrected chi connectivity index (χ4v) is 10.4. The smallest absolute Gasteiger partial charge is 0.462 e. The van der Waals surface area contributed by atoms with Gasteiger partial charge in [-0.25, -0.2) is 9.13 Å². The largest absolute Gasteiger partial charge is 0.472 e. The number of carbonyl (C=O) groups is 4. The highest BCUT2D eigenvalue weighted by atomic mass is 31.2. The Hall–Kier alpha value is -2.46. The summed E-state index contributed by atoms with van der Waals surface area (Å²) >= 11 is 0. The van der Waals surface area contributed by atoms with Crippen molar-refractivity contribution in [2.45, 2.75) is 304 Å². The average molecular weight is 1210 g/mol. The predicted molar refractivity (Wildman–Crippen MR) is 326 cm³/mol. The molecule has 0 saturated heterocycles. The van der Waals surface area contributed by atoms with E-state index in [1.807, 2.05) is 0 Å². The van der Waals surface area contributed by atoms with Crippen LogP contribution in [0, 0.1) is 11.8 Å². The van der Waals surface area contributed by atoms with Crippen molar-refractivity contribution in [3.63, 3.8) is 0 Å². The standard InChI is InChI=1S/C63H118O17P2/c1-7-10-12-14-15-16-17-18-19-20-21-22-29-35-41-47-62(67)80-59(52-74-61(66)46-40-34-28-24-23-27-33-38-44-56(6)9-3)54-78-82(71,72)76-50-57(64)49-75-81(69,70)77-53-58(51-73-60(65)45-39-31-13-11-8-2)79-63(68)48-42-36-30-25-26-32-37-43-55(4)5/h16-19,55-59,64H,7-15,20-54H2,1-6H3,(H,69,70)(H,71,72)/b17-16-,19-18-/t56?,57-,58+,59+/m0/s1. The van der Waals surface area contributed by atoms with Gasteiger partial charge in [0.25, 0.3) is 0 Å². The number of hydrogen-bond acceptors (Lipinski definition) is 15. The number of carbonyl (C=O) groups excluding carboxylic acids is 4. The maximum Gasteiger partial charge on any atom is 0.472 e. The minimum Gasteiger partial charge on any atom is -0.462 e. The fourth-order valence-electron chi connectivity index (χ4n) is 8.78. The SMILES string of the molecule is CCCCCC/C=C\C=C/CCCCCCCC(=O)O[C@H](COC(=O)CCCCCCCCCCC(C)CC)COP(=O)(O)OC[C@@H](O)COP(=O)(O)OC[C@@H](COC(=O)CCCCCCC)OC(=O)CCCCCCCCCC(C)C. The lowest BCUT2D eigenvalue weighted by molar-refractivity contribution is -0.161. The molecule has 0 aliphatic heterocycles. The molecule has 19 heteroatoms. The average Bonchev–Trinajstić information content (AvgIpc) is 3.46. The Morgan fingerprint density at radius 3 is 1.10 bits per heavy atom. The van der Waals surface area contributed by atoms with E-state index < -0.39 is 97.5 Å². The zero-order chi connectivity index (χ0) is 60.8. The van der Waals surface area contributed by atoms with Gasteiger partial charge in [-0.1, -0.05) is 233 Å². The second-order valence-corrected chi connectivity index (χ2v) is 25.7. The number of ether oxygens (including phenoxy) is 4. The van der Waals surface area contributed by atoms with E-state index in [2.05, 4.69) is 65.8 Å². The Balaban J connectivity index is 5.23. The van der Waals surface area contributed by atoms with Gasteiger partial charge in [-0.15, -0.1) is 0 Å². The summed E-state index contributed by atoms with van der Waals surface area (Å²) in [5.41, 5.74) is 0. The Bertz CT molecular complexity index is 1710. The summed E-state index contributed by atoms with van der Waals surface area (Å²) in [7, 11) is -9.89. The molecule has 0 amide bonds. The summed E-state index contributed by atoms with van der Waals surface area (Å²) in [5.74, 6) is -0.710. The van der Waals surface area contributed by atoms with Gasteiger partial charge in [0, 0.05) is 25.7 Å². The van der Waals surface area contributed by atoms with Crippen molar-refractivity contribution >= 4 is 39.5 Å². The van der Waals surface area contributed by atoms with Gasteiger partial charge < -0.3 is 33.8 Å². The van der Waals surface area contributed by atoms with Gasteiger partial charge in [0.15, 0.2) is 12.2 Å². The maximum absolute atomic E-state index is 13.0. The van der Waals surface area contributed by atoms with Crippen LogP contribution < -0.4 is 0 Å². The highest BCUT2D eigenvalue weighted by Gasteiger charge is 2.30. The number of esters is 4. The second-order valence-electron chi connectivity index (χ2n) is 22.8. The second kappa shape index (κ2) is 55.1. The molecule has 6 atom stereocenters. The number of phosphoric acid groups is 2. The molecule has 0 fully saturated rings. The van der Waals surface area contributed by atoms with Crippen molar-refractivity contribution in [1.29, 1.82) is 0 Å². The molecule has 0 aromatic carbocycles. The van der Waals surface area contributed by atoms with Crippen LogP contribution in [-0.4, -0.2) is 96.7 Å². The van der Waals surface area contributed by atoms with E-state index in [1.54, 1.807) is 0 Å². The molecule has 0 heterocycles. The third kappa shape index (κ3) is 55.4. The van der Waals surface area contributed by atoms with E-state index in [4.69, 9.17) is 37.0 Å². The van der Waals surface area contributed by atoms with Crippen molar-refractivity contribution in [2.75, 3.05) is 39.6 Å². The van der Waals surface area contributed by atoms with Crippen molar-refractivity contribution in [3.05, 3.63) is 24.3 Å². The van der Waals surface area contributed by atoms with Crippen LogP contribution in [0.4, 0.5) is 0 Å². The van der Waals surface area contributed by atoms with Gasteiger partial charge in [0.05, 0.1) is 26.4 Å². The third-order valence-electron chi connectivity index (χ3n) is 14.2. The first-order chi connectivity index (χ1) is 39.4. The summed E-state index contributed by atoms with van der Waals surface area (Å²) < 4.78 is 67.7. The number of allylic oxidation sites excluding steroid dienone is 4. The van der Waals surface area contributed by atoms with E-state index in [0.29, 0.717) is 31.6 Å². The van der Waals surface area contributed by atoms with Gasteiger partial charge >= 0.3 is 39.5 Å². The molecule has 17 nitrogen and oxygen atoms in total. The van der Waals surface area contributed by atoms with Gasteiger partial charge in [0.1, 0.15) is 19.3 Å². The van der Waals surface area contributed by atoms with Gasteiger partial charge in [-0.05, 0) is 63.2 Å². The zero-order valence-electron chi connectivity index (χ0n) is 52.3. The predicted octanol–water partition coefficient (Wildman–Crippen LogP) is 16.8. The molecule has 3 unspecified atom stereocenters. The summed E-state index contributed by atoms with van der Waals surface area (Å²) in [4.78, 5) is 71.9. The number of unbranched alkanes of at least 4 members (excludes halogenated alkanes) is 26. The van der Waals surface area contributed by atoms with E-state index in [1.165, 1.54) is 83.5 Å². The van der Waals surface area contributed by atoms with Crippen LogP contribution >= 0.6 is 15.6 Å². The van der Waals surface area contributed by atoms with Crippen LogP contribution in [0.5, 0.6) is 0 Å². The molecule has 3 N–H and O–H groups in total. The van der Waals surface area contributed by atoms with Crippen molar-refractivity contribution in [1.82, 2.24) is 0 Å². The summed E-state index contributed by atoms with van der Waals surface area (Å²) in [5, 5.41) is 10.5. The first-order valence-electron chi connectivity index (χ1n) is 32.3. The number of phosphoric ester groups is 2. The molecular formula is C63H118O17P2. The normalized spacial score (nSPS) is 14.9. The van der Waals surface area contributed by atoms with Crippen molar-refractivity contribution in [2.24, 2.45) is 11.8 Å². The van der Waals surface area contributed by atoms with E-state index in [0.717, 1.165) is 115 Å². The number of aliphatic hydroxyl groups excluding tert-OH is 1. The first-order valence-corrected chi connectivity index (χ1v) is 35.3. The molecule has 0 radical (unpaired) electrons. The fraction of sp³-hybridized carbons (Fsp3) is 0.873. The van der Waals surface area contributed by atoms with E-state index in [-0.39, 0.29) is 25.7 Å². The first kappa shape index (κ1) is 79.5. The van der Waals surface area contributed by atoms with Crippen LogP contribution in [0.25, 0.3) is 0 Å². The molecule has 0 spiro atoms. The molecule has 0 bridgehead atoms. The van der Waals surface area contributed by atoms with Crippen LogP contribution in [0.1, 0.15) is 286 Å². The Morgan fingerprint density at radius 2 is 0.720 bits per heavy atom. The molecular weight excluding hydrogens is 1090 g/mol. The quantitative estimate of drug-likeness (QED) is 0.0169. The lowest BCUT2D eigenvalue weighted by Gasteiger charge is -2.21. The van der Waals surface area contributed by atoms with Crippen LogP contribution in [0.2, 0.25) is 0 Å². The molecule has 0 aliphatic rings. The summed E-state index contributed by atoms with van der Waals surface area (Å²) in [6.07, 6.45) is 40.2. The number of hydrogen-bond donors (Lipinski definition) is 3. The van der Waals surface area contributed by atoms with Crippen LogP contribution in [0.3, 0.4) is 0 Å². The van der Waals surface area contributed by atoms with Crippen LogP contribution in [0.15, 0.2) is 24.3 Å². The number of rotatable bonds is 60. The zero-order valence-corrected chi connectivity index (χ0v) is 54.0.